The molecule has 0 aliphatic heterocycles. The topological polar surface area (TPSA) is 65.7 Å². The van der Waals surface area contributed by atoms with Gasteiger partial charge < -0.3 is 20.0 Å². The van der Waals surface area contributed by atoms with Crippen molar-refractivity contribution in [3.8, 4) is 11.5 Å². The summed E-state index contributed by atoms with van der Waals surface area (Å²) in [6.45, 7) is 3.53. The predicted molar refractivity (Wildman–Crippen MR) is 105 cm³/mol. The van der Waals surface area contributed by atoms with E-state index in [-0.39, 0.29) is 0 Å². The van der Waals surface area contributed by atoms with Gasteiger partial charge in [0.05, 0.1) is 12.2 Å². The maximum Gasteiger partial charge on any atom is 0.226 e. The van der Waals surface area contributed by atoms with E-state index in [4.69, 9.17) is 4.42 Å². The Hall–Kier alpha value is -2.34. The van der Waals surface area contributed by atoms with Crippen LogP contribution in [0.25, 0.3) is 11.5 Å². The quantitative estimate of drug-likeness (QED) is 0.590. The van der Waals surface area contributed by atoms with Crippen LogP contribution in [0.2, 0.25) is 0 Å². The molecule has 2 N–H and O–H groups in total. The molecule has 1 atom stereocenters. The van der Waals surface area contributed by atoms with Crippen LogP contribution in [0, 0.1) is 12.8 Å². The van der Waals surface area contributed by atoms with Crippen LogP contribution >= 0.6 is 0 Å². The summed E-state index contributed by atoms with van der Waals surface area (Å²) in [4.78, 5) is 11.2. The molecule has 0 saturated heterocycles. The molecule has 2 aromatic rings. The predicted octanol–water partition coefficient (Wildman–Crippen LogP) is 2.66. The second-order valence-electron chi connectivity index (χ2n) is 7.19. The largest absolute Gasteiger partial charge is 0.444 e. The van der Waals surface area contributed by atoms with Gasteiger partial charge in [-0.15, -0.1) is 0 Å². The first kappa shape index (κ1) is 18.5. The molecule has 0 bridgehead atoms. The van der Waals surface area contributed by atoms with E-state index in [1.165, 1.54) is 18.4 Å². The molecule has 1 fully saturated rings. The average Bonchev–Trinajstić information content (AvgIpc) is 3.35. The Morgan fingerprint density at radius 1 is 1.27 bits per heavy atom. The van der Waals surface area contributed by atoms with Crippen molar-refractivity contribution in [3.05, 3.63) is 41.8 Å². The van der Waals surface area contributed by atoms with Crippen LogP contribution in [0.3, 0.4) is 0 Å². The number of hydrogen-bond donors (Lipinski definition) is 2. The molecule has 26 heavy (non-hydrogen) atoms. The van der Waals surface area contributed by atoms with Gasteiger partial charge in [-0.2, -0.15) is 0 Å². The Bertz CT molecular complexity index is 729. The SMILES string of the molecule is CN=C(NCc1coc(-c2ccc(C)cc2)n1)NCC(C1CC1)N(C)C. The van der Waals surface area contributed by atoms with Crippen molar-refractivity contribution < 1.29 is 4.42 Å². The van der Waals surface area contributed by atoms with Crippen molar-refractivity contribution in [3.63, 3.8) is 0 Å². The second-order valence-corrected chi connectivity index (χ2v) is 7.19. The highest BCUT2D eigenvalue weighted by atomic mass is 16.3. The van der Waals surface area contributed by atoms with Crippen molar-refractivity contribution in [2.75, 3.05) is 27.7 Å². The number of aliphatic imine (C=N–C) groups is 1. The summed E-state index contributed by atoms with van der Waals surface area (Å²) in [7, 11) is 6.07. The number of aryl methyl sites for hydroxylation is 1. The summed E-state index contributed by atoms with van der Waals surface area (Å²) < 4.78 is 5.61. The van der Waals surface area contributed by atoms with Crippen LogP contribution in [-0.4, -0.2) is 49.6 Å². The van der Waals surface area contributed by atoms with Gasteiger partial charge in [0.2, 0.25) is 5.89 Å². The van der Waals surface area contributed by atoms with Gasteiger partial charge in [0.15, 0.2) is 5.96 Å². The summed E-state index contributed by atoms with van der Waals surface area (Å²) in [5.41, 5.74) is 3.07. The van der Waals surface area contributed by atoms with Crippen molar-refractivity contribution in [2.24, 2.45) is 10.9 Å². The lowest BCUT2D eigenvalue weighted by Crippen LogP contribution is -2.45. The summed E-state index contributed by atoms with van der Waals surface area (Å²) in [5, 5.41) is 6.74. The first-order chi connectivity index (χ1) is 12.6. The number of oxazole rings is 1. The highest BCUT2D eigenvalue weighted by Gasteiger charge is 2.32. The Morgan fingerprint density at radius 3 is 2.62 bits per heavy atom. The molecule has 1 aromatic carbocycles. The summed E-state index contributed by atoms with van der Waals surface area (Å²) in [5.74, 6) is 2.24. The summed E-state index contributed by atoms with van der Waals surface area (Å²) in [6, 6.07) is 8.72. The highest BCUT2D eigenvalue weighted by Crippen LogP contribution is 2.34. The molecule has 0 radical (unpaired) electrons. The molecule has 3 rings (SSSR count). The van der Waals surface area contributed by atoms with Crippen molar-refractivity contribution in [2.45, 2.75) is 32.4 Å². The molecule has 1 aliphatic carbocycles. The van der Waals surface area contributed by atoms with E-state index in [1.54, 1.807) is 13.3 Å². The zero-order chi connectivity index (χ0) is 18.5. The molecule has 1 aliphatic rings. The Morgan fingerprint density at radius 2 is 2.00 bits per heavy atom. The molecule has 1 heterocycles. The van der Waals surface area contributed by atoms with E-state index < -0.39 is 0 Å². The lowest BCUT2D eigenvalue weighted by atomic mass is 10.1. The number of benzene rings is 1. The Labute approximate surface area is 155 Å². The minimum atomic E-state index is 0.550. The van der Waals surface area contributed by atoms with Crippen molar-refractivity contribution in [1.82, 2.24) is 20.5 Å². The molecule has 0 spiro atoms. The number of hydrogen-bond acceptors (Lipinski definition) is 4. The first-order valence-electron chi connectivity index (χ1n) is 9.19. The lowest BCUT2D eigenvalue weighted by Gasteiger charge is -2.25. The number of likely N-dealkylation sites (N-methyl/N-ethyl adjacent to an activating group) is 1. The van der Waals surface area contributed by atoms with E-state index in [0.717, 1.165) is 29.7 Å². The van der Waals surface area contributed by atoms with Gasteiger partial charge in [-0.05, 0) is 51.9 Å². The third-order valence-electron chi connectivity index (χ3n) is 4.82. The zero-order valence-corrected chi connectivity index (χ0v) is 16.1. The van der Waals surface area contributed by atoms with E-state index in [0.29, 0.717) is 18.5 Å². The number of aromatic nitrogens is 1. The fourth-order valence-electron chi connectivity index (χ4n) is 3.06. The van der Waals surface area contributed by atoms with Crippen LogP contribution in [0.15, 0.2) is 39.9 Å². The molecular formula is C20H29N5O. The second kappa shape index (κ2) is 8.36. The molecular weight excluding hydrogens is 326 g/mol. The Balaban J connectivity index is 1.51. The van der Waals surface area contributed by atoms with Gasteiger partial charge in [0, 0.05) is 25.2 Å². The normalized spacial score (nSPS) is 16.0. The van der Waals surface area contributed by atoms with Gasteiger partial charge in [-0.1, -0.05) is 17.7 Å². The van der Waals surface area contributed by atoms with E-state index in [2.05, 4.69) is 58.7 Å². The number of rotatable bonds is 7. The smallest absolute Gasteiger partial charge is 0.226 e. The van der Waals surface area contributed by atoms with Gasteiger partial charge in [0.1, 0.15) is 6.26 Å². The van der Waals surface area contributed by atoms with Crippen LogP contribution < -0.4 is 10.6 Å². The highest BCUT2D eigenvalue weighted by molar-refractivity contribution is 5.79. The fourth-order valence-corrected chi connectivity index (χ4v) is 3.06. The van der Waals surface area contributed by atoms with E-state index >= 15 is 0 Å². The number of nitrogens with zero attached hydrogens (tertiary/aromatic N) is 3. The minimum Gasteiger partial charge on any atom is -0.444 e. The van der Waals surface area contributed by atoms with Gasteiger partial charge in [0.25, 0.3) is 0 Å². The maximum atomic E-state index is 5.61. The number of nitrogens with one attached hydrogen (secondary N) is 2. The van der Waals surface area contributed by atoms with Crippen LogP contribution in [0.4, 0.5) is 0 Å². The van der Waals surface area contributed by atoms with Crippen molar-refractivity contribution in [1.29, 1.82) is 0 Å². The van der Waals surface area contributed by atoms with E-state index in [9.17, 15) is 0 Å². The monoisotopic (exact) mass is 355 g/mol. The fraction of sp³-hybridized carbons (Fsp3) is 0.500. The molecule has 1 aromatic heterocycles. The zero-order valence-electron chi connectivity index (χ0n) is 16.1. The van der Waals surface area contributed by atoms with Gasteiger partial charge >= 0.3 is 0 Å². The van der Waals surface area contributed by atoms with Crippen LogP contribution in [0.1, 0.15) is 24.1 Å². The third-order valence-corrected chi connectivity index (χ3v) is 4.82. The third kappa shape index (κ3) is 4.85. The van der Waals surface area contributed by atoms with Gasteiger partial charge in [-0.25, -0.2) is 4.98 Å². The molecule has 6 heteroatoms. The van der Waals surface area contributed by atoms with E-state index in [1.807, 2.05) is 12.1 Å². The average molecular weight is 355 g/mol. The summed E-state index contributed by atoms with van der Waals surface area (Å²) in [6.07, 6.45) is 4.36. The van der Waals surface area contributed by atoms with Crippen molar-refractivity contribution >= 4 is 5.96 Å². The summed E-state index contributed by atoms with van der Waals surface area (Å²) >= 11 is 0. The van der Waals surface area contributed by atoms with Crippen LogP contribution in [-0.2, 0) is 6.54 Å². The molecule has 0 amide bonds. The number of guanidine groups is 1. The van der Waals surface area contributed by atoms with Gasteiger partial charge in [-0.3, -0.25) is 4.99 Å². The maximum absolute atomic E-state index is 5.61. The molecule has 140 valence electrons. The molecule has 1 unspecified atom stereocenters. The standard InChI is InChI=1S/C20H29N5O/c1-14-5-7-16(8-6-14)19-24-17(13-26-19)11-22-20(21-2)23-12-18(25(3)4)15-9-10-15/h5-8,13,15,18H,9-12H2,1-4H3,(H2,21,22,23). The first-order valence-corrected chi connectivity index (χ1v) is 9.19. The molecule has 1 saturated carbocycles. The molecule has 6 nitrogen and oxygen atoms in total. The lowest BCUT2D eigenvalue weighted by molar-refractivity contribution is 0.264. The Kier molecular flexibility index (Phi) is 5.93. The van der Waals surface area contributed by atoms with Crippen LogP contribution in [0.5, 0.6) is 0 Å². The minimum absolute atomic E-state index is 0.550.